The minimum Gasteiger partial charge on any atom is -0.395 e. The zero-order valence-electron chi connectivity index (χ0n) is 17.4. The lowest BCUT2D eigenvalue weighted by Gasteiger charge is -2.43. The lowest BCUT2D eigenvalue weighted by atomic mass is 9.94. The number of rotatable bonds is 10. The molecule has 0 unspecified atom stereocenters. The molecule has 2 aromatic rings. The first kappa shape index (κ1) is 23.5. The van der Waals surface area contributed by atoms with E-state index >= 15 is 0 Å². The Morgan fingerprint density at radius 3 is 2.48 bits per heavy atom. The van der Waals surface area contributed by atoms with Gasteiger partial charge in [-0.05, 0) is 43.7 Å². The maximum absolute atomic E-state index is 14.3. The van der Waals surface area contributed by atoms with Crippen molar-refractivity contribution in [2.45, 2.75) is 50.0 Å². The zero-order valence-corrected chi connectivity index (χ0v) is 17.4. The quantitative estimate of drug-likeness (QED) is 0.351. The van der Waals surface area contributed by atoms with E-state index in [1.165, 1.54) is 6.07 Å². The van der Waals surface area contributed by atoms with Crippen molar-refractivity contribution >= 4 is 5.69 Å². The van der Waals surface area contributed by atoms with Gasteiger partial charge >= 0.3 is 0 Å². The van der Waals surface area contributed by atoms with Crippen LogP contribution in [0.5, 0.6) is 0 Å². The standard InChI is InChI=1S/C22H31FN4O4/c23-16-12-15(22-25-9-5-10-26-22)6-7-17(16)24-8-3-1-2-4-11-27-13-19(29)21(31)20(30)18(27)14-28/h5-7,9-10,12,18-21,24,28-31H,1-4,8,11,13-14H2/t18-,19+,20-,21-/m1/s1. The lowest BCUT2D eigenvalue weighted by Crippen LogP contribution is -2.62. The molecule has 1 fully saturated rings. The molecule has 5 N–H and O–H groups in total. The van der Waals surface area contributed by atoms with Crippen LogP contribution in [0, 0.1) is 5.82 Å². The molecule has 0 aliphatic carbocycles. The van der Waals surface area contributed by atoms with Crippen molar-refractivity contribution < 1.29 is 24.8 Å². The normalized spacial score (nSPS) is 24.3. The molecule has 9 heteroatoms. The largest absolute Gasteiger partial charge is 0.395 e. The Morgan fingerprint density at radius 2 is 1.77 bits per heavy atom. The number of hydrogen-bond donors (Lipinski definition) is 5. The van der Waals surface area contributed by atoms with Crippen LogP contribution in [0.1, 0.15) is 25.7 Å². The van der Waals surface area contributed by atoms with Gasteiger partial charge in [0.05, 0.1) is 24.4 Å². The number of aromatic nitrogens is 2. The summed E-state index contributed by atoms with van der Waals surface area (Å²) >= 11 is 0. The second kappa shape index (κ2) is 11.4. The summed E-state index contributed by atoms with van der Waals surface area (Å²) in [6.07, 6.45) is 3.42. The molecule has 8 nitrogen and oxygen atoms in total. The van der Waals surface area contributed by atoms with Gasteiger partial charge in [-0.25, -0.2) is 14.4 Å². The molecule has 0 saturated carbocycles. The Hall–Kier alpha value is -2.17. The minimum atomic E-state index is -1.23. The molecule has 0 radical (unpaired) electrons. The third-order valence-electron chi connectivity index (χ3n) is 5.70. The third-order valence-corrected chi connectivity index (χ3v) is 5.70. The predicted molar refractivity (Wildman–Crippen MR) is 115 cm³/mol. The van der Waals surface area contributed by atoms with Crippen molar-refractivity contribution in [1.29, 1.82) is 0 Å². The number of β-amino-alcohol motifs (C(OH)–C–C–N with tert-alkyl or cyclic N) is 1. The Kier molecular flexibility index (Phi) is 8.68. The summed E-state index contributed by atoms with van der Waals surface area (Å²) in [5.74, 6) is 0.143. The van der Waals surface area contributed by atoms with E-state index in [2.05, 4.69) is 15.3 Å². The summed E-state index contributed by atoms with van der Waals surface area (Å²) in [4.78, 5) is 10.1. The molecule has 3 rings (SSSR count). The smallest absolute Gasteiger partial charge is 0.159 e. The molecule has 0 bridgehead atoms. The van der Waals surface area contributed by atoms with Gasteiger partial charge in [0.1, 0.15) is 18.0 Å². The Balaban J connectivity index is 1.35. The van der Waals surface area contributed by atoms with E-state index < -0.39 is 24.4 Å². The Labute approximate surface area is 181 Å². The molecule has 1 aliphatic rings. The number of hydrogen-bond acceptors (Lipinski definition) is 8. The van der Waals surface area contributed by atoms with Crippen molar-refractivity contribution in [2.24, 2.45) is 0 Å². The maximum Gasteiger partial charge on any atom is 0.159 e. The van der Waals surface area contributed by atoms with Gasteiger partial charge in [0.2, 0.25) is 0 Å². The van der Waals surface area contributed by atoms with Crippen molar-refractivity contribution in [2.75, 3.05) is 31.6 Å². The van der Waals surface area contributed by atoms with Crippen LogP contribution in [-0.2, 0) is 0 Å². The van der Waals surface area contributed by atoms with Gasteiger partial charge in [-0.1, -0.05) is 12.8 Å². The van der Waals surface area contributed by atoms with Crippen LogP contribution in [-0.4, -0.2) is 85.9 Å². The number of aliphatic hydroxyl groups is 4. The van der Waals surface area contributed by atoms with Crippen LogP contribution in [0.4, 0.5) is 10.1 Å². The first-order chi connectivity index (χ1) is 15.0. The molecule has 0 spiro atoms. The highest BCUT2D eigenvalue weighted by Crippen LogP contribution is 2.22. The van der Waals surface area contributed by atoms with E-state index in [1.54, 1.807) is 30.6 Å². The van der Waals surface area contributed by atoms with Gasteiger partial charge in [-0.3, -0.25) is 4.90 Å². The van der Waals surface area contributed by atoms with Gasteiger partial charge in [0, 0.05) is 31.0 Å². The molecule has 2 heterocycles. The second-order valence-electron chi connectivity index (χ2n) is 7.90. The van der Waals surface area contributed by atoms with Gasteiger partial charge < -0.3 is 25.7 Å². The Morgan fingerprint density at radius 1 is 1.03 bits per heavy atom. The first-order valence-corrected chi connectivity index (χ1v) is 10.7. The van der Waals surface area contributed by atoms with Crippen LogP contribution < -0.4 is 5.32 Å². The molecular weight excluding hydrogens is 403 g/mol. The molecule has 1 saturated heterocycles. The SMILES string of the molecule is OC[C@@H]1[C@@H](O)[C@H](O)[C@@H](O)CN1CCCCCCNc1ccc(-c2ncccn2)cc1F. The van der Waals surface area contributed by atoms with Gasteiger partial charge in [-0.2, -0.15) is 0 Å². The van der Waals surface area contributed by atoms with Gasteiger partial charge in [-0.15, -0.1) is 0 Å². The van der Waals surface area contributed by atoms with E-state index in [1.807, 2.05) is 4.90 Å². The molecule has 4 atom stereocenters. The van der Waals surface area contributed by atoms with Gasteiger partial charge in [0.25, 0.3) is 0 Å². The highest BCUT2D eigenvalue weighted by atomic mass is 19.1. The fourth-order valence-electron chi connectivity index (χ4n) is 3.90. The van der Waals surface area contributed by atoms with Crippen molar-refractivity contribution in [3.63, 3.8) is 0 Å². The number of halogens is 1. The number of anilines is 1. The van der Waals surface area contributed by atoms with E-state index in [4.69, 9.17) is 0 Å². The first-order valence-electron chi connectivity index (χ1n) is 10.7. The molecular formula is C22H31FN4O4. The van der Waals surface area contributed by atoms with Crippen LogP contribution in [0.3, 0.4) is 0 Å². The monoisotopic (exact) mass is 434 g/mol. The topological polar surface area (TPSA) is 122 Å². The molecule has 31 heavy (non-hydrogen) atoms. The second-order valence-corrected chi connectivity index (χ2v) is 7.90. The summed E-state index contributed by atoms with van der Waals surface area (Å²) in [6.45, 7) is 1.23. The van der Waals surface area contributed by atoms with Crippen LogP contribution >= 0.6 is 0 Å². The van der Waals surface area contributed by atoms with E-state index in [0.717, 1.165) is 25.7 Å². The number of aliphatic hydroxyl groups excluding tert-OH is 4. The lowest BCUT2D eigenvalue weighted by molar-refractivity contribution is -0.145. The maximum atomic E-state index is 14.3. The van der Waals surface area contributed by atoms with Crippen LogP contribution in [0.15, 0.2) is 36.7 Å². The zero-order chi connectivity index (χ0) is 22.2. The summed E-state index contributed by atoms with van der Waals surface area (Å²) in [7, 11) is 0. The average Bonchev–Trinajstić information content (AvgIpc) is 2.78. The molecule has 1 aromatic carbocycles. The van der Waals surface area contributed by atoms with Crippen molar-refractivity contribution in [3.05, 3.63) is 42.5 Å². The van der Waals surface area contributed by atoms with Gasteiger partial charge in [0.15, 0.2) is 5.82 Å². The number of nitrogens with one attached hydrogen (secondary N) is 1. The van der Waals surface area contributed by atoms with Crippen LogP contribution in [0.2, 0.25) is 0 Å². The summed E-state index contributed by atoms with van der Waals surface area (Å²) in [6, 6.07) is 6.05. The Bertz CT molecular complexity index is 813. The van der Waals surface area contributed by atoms with Crippen LogP contribution in [0.25, 0.3) is 11.4 Å². The molecule has 170 valence electrons. The fourth-order valence-corrected chi connectivity index (χ4v) is 3.90. The number of nitrogens with zero attached hydrogens (tertiary/aromatic N) is 3. The third kappa shape index (κ3) is 6.18. The number of piperidine rings is 1. The average molecular weight is 435 g/mol. The predicted octanol–water partition coefficient (Wildman–Crippen LogP) is 1.01. The number of likely N-dealkylation sites (tertiary alicyclic amines) is 1. The highest BCUT2D eigenvalue weighted by molar-refractivity contribution is 5.60. The summed E-state index contributed by atoms with van der Waals surface area (Å²) in [5, 5.41) is 42.2. The van der Waals surface area contributed by atoms with E-state index in [0.29, 0.717) is 30.2 Å². The molecule has 0 amide bonds. The fraction of sp³-hybridized carbons (Fsp3) is 0.545. The molecule has 1 aliphatic heterocycles. The summed E-state index contributed by atoms with van der Waals surface area (Å²) < 4.78 is 14.3. The van der Waals surface area contributed by atoms with E-state index in [9.17, 15) is 24.8 Å². The minimum absolute atomic E-state index is 0.230. The number of benzene rings is 1. The molecule has 1 aromatic heterocycles. The van der Waals surface area contributed by atoms with Crippen molar-refractivity contribution in [1.82, 2.24) is 14.9 Å². The summed E-state index contributed by atoms with van der Waals surface area (Å²) in [5.41, 5.74) is 1.07. The van der Waals surface area contributed by atoms with Crippen molar-refractivity contribution in [3.8, 4) is 11.4 Å². The van der Waals surface area contributed by atoms with E-state index in [-0.39, 0.29) is 19.0 Å². The highest BCUT2D eigenvalue weighted by Gasteiger charge is 2.40. The number of unbranched alkanes of at least 4 members (excludes halogenated alkanes) is 3.